The molecule has 0 aliphatic carbocycles. The molecule has 4 nitrogen and oxygen atoms in total. The van der Waals surface area contributed by atoms with Gasteiger partial charge in [-0.25, -0.2) is 4.39 Å². The molecule has 1 heterocycles. The molecule has 1 aromatic rings. The molecule has 0 fully saturated rings. The first kappa shape index (κ1) is 15.9. The Morgan fingerprint density at radius 2 is 2.11 bits per heavy atom. The summed E-state index contributed by atoms with van der Waals surface area (Å²) in [5.74, 6) is -1.41. The number of nitrogens with zero attached hydrogens (tertiary/aromatic N) is 1. The molecular formula is C10H8F4INO3. The molecular weight excluding hydrogens is 385 g/mol. The summed E-state index contributed by atoms with van der Waals surface area (Å²) in [6, 6.07) is 1.11. The highest BCUT2D eigenvalue weighted by atomic mass is 127. The Kier molecular flexibility index (Phi) is 5.32. The van der Waals surface area contributed by atoms with E-state index < -0.39 is 31.2 Å². The van der Waals surface area contributed by atoms with Crippen LogP contribution in [0.2, 0.25) is 0 Å². The fraction of sp³-hybridized carbons (Fsp3) is 0.400. The predicted octanol–water partition coefficient (Wildman–Crippen LogP) is 2.77. The molecule has 0 saturated heterocycles. The first-order valence-corrected chi connectivity index (χ1v) is 5.91. The van der Waals surface area contributed by atoms with Gasteiger partial charge in [-0.15, -0.1) is 13.2 Å². The van der Waals surface area contributed by atoms with E-state index in [0.717, 1.165) is 13.2 Å². The second-order valence-corrected chi connectivity index (χ2v) is 4.47. The normalized spacial score (nSPS) is 11.3. The number of carbonyl (C=O) groups excluding carboxylic acids is 1. The first-order chi connectivity index (χ1) is 8.76. The standard InChI is InChI=1S/C10H8F4INO3/c1-18-8(17)3-7-9(19-10(12,13)14)6(15)2-5(4-11)16-7/h2H,3-4H2,1H3. The Morgan fingerprint density at radius 1 is 1.47 bits per heavy atom. The average molecular weight is 393 g/mol. The molecule has 0 unspecified atom stereocenters. The largest absolute Gasteiger partial charge is 0.573 e. The van der Waals surface area contributed by atoms with Crippen molar-refractivity contribution in [3.05, 3.63) is 21.0 Å². The summed E-state index contributed by atoms with van der Waals surface area (Å²) in [5, 5.41) is 0. The number of alkyl halides is 4. The summed E-state index contributed by atoms with van der Waals surface area (Å²) in [7, 11) is 1.08. The highest BCUT2D eigenvalue weighted by molar-refractivity contribution is 14.1. The molecule has 19 heavy (non-hydrogen) atoms. The predicted molar refractivity (Wildman–Crippen MR) is 64.2 cm³/mol. The Morgan fingerprint density at radius 3 is 2.58 bits per heavy atom. The SMILES string of the molecule is COC(=O)Cc1nc(CF)cc(I)c1OC(F)(F)F. The van der Waals surface area contributed by atoms with Crippen LogP contribution in [0.25, 0.3) is 0 Å². The van der Waals surface area contributed by atoms with Gasteiger partial charge in [-0.05, 0) is 28.7 Å². The van der Waals surface area contributed by atoms with Gasteiger partial charge in [-0.1, -0.05) is 0 Å². The maximum Gasteiger partial charge on any atom is 0.573 e. The lowest BCUT2D eigenvalue weighted by atomic mass is 10.2. The van der Waals surface area contributed by atoms with Gasteiger partial charge < -0.3 is 9.47 Å². The summed E-state index contributed by atoms with van der Waals surface area (Å²) in [6.45, 7) is -0.962. The van der Waals surface area contributed by atoms with Gasteiger partial charge in [0.2, 0.25) is 0 Å². The number of methoxy groups -OCH3 is 1. The number of esters is 1. The minimum absolute atomic E-state index is 0.0106. The molecule has 9 heteroatoms. The van der Waals surface area contributed by atoms with Crippen molar-refractivity contribution in [2.24, 2.45) is 0 Å². The molecule has 0 aliphatic heterocycles. The molecule has 0 saturated carbocycles. The van der Waals surface area contributed by atoms with Crippen LogP contribution in [0.15, 0.2) is 6.07 Å². The summed E-state index contributed by atoms with van der Waals surface area (Å²) in [4.78, 5) is 14.7. The first-order valence-electron chi connectivity index (χ1n) is 4.83. The van der Waals surface area contributed by atoms with Crippen molar-refractivity contribution in [2.75, 3.05) is 7.11 Å². The lowest BCUT2D eigenvalue weighted by molar-refractivity contribution is -0.275. The van der Waals surface area contributed by atoms with Gasteiger partial charge in [0.25, 0.3) is 0 Å². The lowest BCUT2D eigenvalue weighted by Gasteiger charge is -2.14. The van der Waals surface area contributed by atoms with E-state index in [-0.39, 0.29) is 15.0 Å². The number of carbonyl (C=O) groups is 1. The quantitative estimate of drug-likeness (QED) is 0.449. The van der Waals surface area contributed by atoms with Gasteiger partial charge in [-0.3, -0.25) is 9.78 Å². The van der Waals surface area contributed by atoms with Crippen molar-refractivity contribution in [2.45, 2.75) is 19.5 Å². The van der Waals surface area contributed by atoms with Gasteiger partial charge in [-0.2, -0.15) is 0 Å². The Labute approximate surface area is 119 Å². The highest BCUT2D eigenvalue weighted by Gasteiger charge is 2.34. The van der Waals surface area contributed by atoms with Crippen LogP contribution in [0.3, 0.4) is 0 Å². The topological polar surface area (TPSA) is 48.4 Å². The van der Waals surface area contributed by atoms with Crippen LogP contribution in [-0.4, -0.2) is 24.4 Å². The molecule has 0 aromatic carbocycles. The van der Waals surface area contributed by atoms with Crippen molar-refractivity contribution in [3.63, 3.8) is 0 Å². The van der Waals surface area contributed by atoms with Crippen LogP contribution >= 0.6 is 22.6 Å². The number of aromatic nitrogens is 1. The summed E-state index contributed by atoms with van der Waals surface area (Å²) < 4.78 is 57.5. The molecule has 0 spiro atoms. The minimum Gasteiger partial charge on any atom is -0.469 e. The van der Waals surface area contributed by atoms with E-state index >= 15 is 0 Å². The van der Waals surface area contributed by atoms with Crippen LogP contribution in [-0.2, 0) is 22.6 Å². The van der Waals surface area contributed by atoms with Crippen molar-refractivity contribution >= 4 is 28.6 Å². The number of rotatable bonds is 4. The zero-order valence-electron chi connectivity index (χ0n) is 9.55. The van der Waals surface area contributed by atoms with E-state index in [2.05, 4.69) is 14.5 Å². The Balaban J connectivity index is 3.21. The molecule has 0 amide bonds. The maximum atomic E-state index is 12.5. The van der Waals surface area contributed by atoms with Crippen LogP contribution in [0.4, 0.5) is 17.6 Å². The summed E-state index contributed by atoms with van der Waals surface area (Å²) >= 11 is 1.55. The molecule has 0 atom stereocenters. The Hall–Kier alpha value is -1.13. The van der Waals surface area contributed by atoms with Gasteiger partial charge in [0, 0.05) is 0 Å². The zero-order chi connectivity index (χ0) is 14.6. The fourth-order valence-corrected chi connectivity index (χ4v) is 2.01. The summed E-state index contributed by atoms with van der Waals surface area (Å²) in [6.07, 6.45) is -5.46. The third-order valence-electron chi connectivity index (χ3n) is 1.95. The third kappa shape index (κ3) is 4.80. The highest BCUT2D eigenvalue weighted by Crippen LogP contribution is 2.31. The summed E-state index contributed by atoms with van der Waals surface area (Å²) in [5.41, 5.74) is -0.401. The van der Waals surface area contributed by atoms with Crippen LogP contribution < -0.4 is 4.74 Å². The Bertz CT molecular complexity index is 479. The van der Waals surface area contributed by atoms with E-state index in [4.69, 9.17) is 0 Å². The van der Waals surface area contributed by atoms with Crippen LogP contribution in [0.1, 0.15) is 11.4 Å². The average Bonchev–Trinajstić information content (AvgIpc) is 2.31. The van der Waals surface area contributed by atoms with E-state index in [9.17, 15) is 22.4 Å². The van der Waals surface area contributed by atoms with E-state index in [1.807, 2.05) is 0 Å². The number of ether oxygens (including phenoxy) is 2. The minimum atomic E-state index is -4.93. The molecule has 106 valence electrons. The van der Waals surface area contributed by atoms with Crippen LogP contribution in [0, 0.1) is 3.57 Å². The molecule has 0 bridgehead atoms. The lowest BCUT2D eigenvalue weighted by Crippen LogP contribution is -2.20. The van der Waals surface area contributed by atoms with Gasteiger partial charge in [0.15, 0.2) is 5.75 Å². The molecule has 1 aromatic heterocycles. The molecule has 0 N–H and O–H groups in total. The number of pyridine rings is 1. The second-order valence-electron chi connectivity index (χ2n) is 3.31. The smallest absolute Gasteiger partial charge is 0.469 e. The fourth-order valence-electron chi connectivity index (χ4n) is 1.23. The van der Waals surface area contributed by atoms with E-state index in [1.54, 1.807) is 22.6 Å². The molecule has 0 radical (unpaired) electrons. The molecule has 0 aliphatic rings. The molecule has 1 rings (SSSR count). The van der Waals surface area contributed by atoms with Crippen molar-refractivity contribution in [1.29, 1.82) is 0 Å². The zero-order valence-corrected chi connectivity index (χ0v) is 11.7. The van der Waals surface area contributed by atoms with Crippen molar-refractivity contribution in [3.8, 4) is 5.75 Å². The van der Waals surface area contributed by atoms with Gasteiger partial charge in [0.1, 0.15) is 6.67 Å². The van der Waals surface area contributed by atoms with E-state index in [0.29, 0.717) is 0 Å². The third-order valence-corrected chi connectivity index (χ3v) is 2.75. The maximum absolute atomic E-state index is 12.5. The second kappa shape index (κ2) is 6.35. The van der Waals surface area contributed by atoms with Gasteiger partial charge in [0.05, 0.1) is 28.5 Å². The van der Waals surface area contributed by atoms with Crippen molar-refractivity contribution < 1.29 is 31.8 Å². The monoisotopic (exact) mass is 393 g/mol. The van der Waals surface area contributed by atoms with E-state index in [1.165, 1.54) is 0 Å². The van der Waals surface area contributed by atoms with Crippen molar-refractivity contribution in [1.82, 2.24) is 4.98 Å². The van der Waals surface area contributed by atoms with Gasteiger partial charge >= 0.3 is 12.3 Å². The number of hydrogen-bond donors (Lipinski definition) is 0. The van der Waals surface area contributed by atoms with Crippen LogP contribution in [0.5, 0.6) is 5.75 Å². The number of halogens is 5. The number of hydrogen-bond acceptors (Lipinski definition) is 4.